The van der Waals surface area contributed by atoms with Crippen molar-refractivity contribution in [2.45, 2.75) is 209 Å². The lowest BCUT2D eigenvalue weighted by Crippen LogP contribution is -2.59. The van der Waals surface area contributed by atoms with Gasteiger partial charge in [0.05, 0.1) is 33.1 Å². The first-order valence-electron chi connectivity index (χ1n) is 35.8. The van der Waals surface area contributed by atoms with E-state index in [1.165, 1.54) is 137 Å². The van der Waals surface area contributed by atoms with Crippen molar-refractivity contribution < 1.29 is 0 Å². The van der Waals surface area contributed by atoms with Crippen molar-refractivity contribution in [3.8, 4) is 34.1 Å². The molecule has 0 saturated carbocycles. The van der Waals surface area contributed by atoms with Gasteiger partial charge in [0.25, 0.3) is 6.71 Å². The average Bonchev–Trinajstić information content (AvgIpc) is 1.56. The van der Waals surface area contributed by atoms with E-state index in [1.807, 2.05) is 0 Å². The van der Waals surface area contributed by atoms with Crippen LogP contribution >= 0.6 is 0 Å². The zero-order chi connectivity index (χ0) is 69.0. The standard InChI is InChI=1S/C91H98BN5/c1-84(2,3)53-25-31-71-61(41-53)62-42-54(85(4,5)6)26-32-72(62)94(71)79-39-52(40-80(93-79)95-73-33-27-55(86(7,8)9)43-63(73)64-44-56(87(10,11)12)28-34-74(64)95)51-37-77-81-78(38-51)97-76-36-30-58(89(16,17)18)46-66(76)68-48-60(91(22,23)24)50-70(83(68)97)92(81)69-49-59(90(19,20)21)47-67-65-45-57(88(13,14)15)29-35-75(65)96(77)82(67)69/h25-50H,1-24H3. The Morgan fingerprint density at radius 3 is 0.722 bits per heavy atom. The number of fused-ring (bicyclic) bond motifs is 16. The highest BCUT2D eigenvalue weighted by Gasteiger charge is 2.43. The summed E-state index contributed by atoms with van der Waals surface area (Å²) >= 11 is 0. The van der Waals surface area contributed by atoms with E-state index in [2.05, 4.69) is 342 Å². The third kappa shape index (κ3) is 9.62. The molecule has 14 aromatic rings. The second kappa shape index (κ2) is 20.0. The molecule has 0 spiro atoms. The number of pyridine rings is 1. The smallest absolute Gasteiger partial charge is 0.252 e. The molecule has 2 aliphatic heterocycles. The molecule has 0 N–H and O–H groups in total. The van der Waals surface area contributed by atoms with E-state index in [1.54, 1.807) is 0 Å². The lowest BCUT2D eigenvalue weighted by molar-refractivity contribution is 0.590. The zero-order valence-corrected chi connectivity index (χ0v) is 62.3. The van der Waals surface area contributed by atoms with E-state index >= 15 is 0 Å². The third-order valence-corrected chi connectivity index (χ3v) is 22.4. The molecule has 2 aliphatic rings. The minimum atomic E-state index is -0.111. The molecular formula is C91H98BN5. The van der Waals surface area contributed by atoms with E-state index in [0.717, 1.165) is 44.8 Å². The van der Waals surface area contributed by atoms with Gasteiger partial charge in [0.15, 0.2) is 0 Å². The molecule has 0 radical (unpaired) electrons. The van der Waals surface area contributed by atoms with E-state index in [9.17, 15) is 0 Å². The van der Waals surface area contributed by atoms with Crippen molar-refractivity contribution in [3.05, 3.63) is 202 Å². The Bertz CT molecular complexity index is 5270. The lowest BCUT2D eigenvalue weighted by atomic mass is 9.34. The predicted octanol–water partition coefficient (Wildman–Crippen LogP) is 22.7. The fourth-order valence-corrected chi connectivity index (χ4v) is 16.3. The normalized spacial score (nSPS) is 14.2. The van der Waals surface area contributed by atoms with Gasteiger partial charge in [0.2, 0.25) is 0 Å². The molecule has 6 heteroatoms. The molecule has 0 atom stereocenters. The monoisotopic (exact) mass is 1270 g/mol. The van der Waals surface area contributed by atoms with Crippen LogP contribution in [0.1, 0.15) is 211 Å². The van der Waals surface area contributed by atoms with Crippen LogP contribution < -0.4 is 16.4 Å². The largest absolute Gasteiger partial charge is 0.310 e. The molecule has 0 unspecified atom stereocenters. The summed E-state index contributed by atoms with van der Waals surface area (Å²) in [5.41, 5.74) is 28.6. The van der Waals surface area contributed by atoms with Gasteiger partial charge in [-0.05, 0) is 225 Å². The molecule has 0 fully saturated rings. The molecule has 9 aromatic carbocycles. The fourth-order valence-electron chi connectivity index (χ4n) is 16.3. The molecule has 5 nitrogen and oxygen atoms in total. The highest BCUT2D eigenvalue weighted by Crippen LogP contribution is 2.47. The molecule has 0 saturated heterocycles. The van der Waals surface area contributed by atoms with Gasteiger partial charge < -0.3 is 9.13 Å². The Morgan fingerprint density at radius 1 is 0.237 bits per heavy atom. The van der Waals surface area contributed by atoms with E-state index in [-0.39, 0.29) is 50.0 Å². The molecule has 16 rings (SSSR count). The van der Waals surface area contributed by atoms with E-state index in [0.29, 0.717) is 0 Å². The van der Waals surface area contributed by atoms with Crippen molar-refractivity contribution in [3.63, 3.8) is 0 Å². The average molecular weight is 1270 g/mol. The quantitative estimate of drug-likeness (QED) is 0.162. The minimum Gasteiger partial charge on any atom is -0.310 e. The van der Waals surface area contributed by atoms with Gasteiger partial charge in [0.1, 0.15) is 11.6 Å². The summed E-state index contributed by atoms with van der Waals surface area (Å²) in [7, 11) is 0. The number of rotatable bonds is 3. The Hall–Kier alpha value is -8.61. The second-order valence-corrected chi connectivity index (χ2v) is 37.6. The van der Waals surface area contributed by atoms with Gasteiger partial charge >= 0.3 is 0 Å². The SMILES string of the molecule is CC(C)(C)c1ccc2c(c1)c1cc(C(C)(C)C)ccc1n2-c1cc(-c2cc3c4c(c2)-n2c5ccc(C(C)(C)C)cc5c5cc(C(C)(C)C)cc(c52)B4c2cc(C(C)(C)C)cc4c5cc(C(C)(C)C)ccc5n-3c24)cc(-n2c3ccc(C(C)(C)C)cc3c3cc(C(C)(C)C)ccc32)n1. The maximum absolute atomic E-state index is 6.10. The van der Waals surface area contributed by atoms with Gasteiger partial charge in [-0.2, -0.15) is 0 Å². The molecule has 0 amide bonds. The van der Waals surface area contributed by atoms with Crippen LogP contribution in [0.25, 0.3) is 121 Å². The molecular weight excluding hydrogens is 1170 g/mol. The molecule has 490 valence electrons. The van der Waals surface area contributed by atoms with Crippen LogP contribution in [-0.4, -0.2) is 30.0 Å². The molecule has 0 bridgehead atoms. The Morgan fingerprint density at radius 2 is 0.464 bits per heavy atom. The summed E-state index contributed by atoms with van der Waals surface area (Å²) < 4.78 is 10.4. The summed E-state index contributed by atoms with van der Waals surface area (Å²) in [5.74, 6) is 1.76. The second-order valence-electron chi connectivity index (χ2n) is 37.6. The van der Waals surface area contributed by atoms with Crippen LogP contribution in [0.2, 0.25) is 0 Å². The molecule has 97 heavy (non-hydrogen) atoms. The highest BCUT2D eigenvalue weighted by atomic mass is 15.1. The van der Waals surface area contributed by atoms with Crippen LogP contribution in [0, 0.1) is 0 Å². The highest BCUT2D eigenvalue weighted by molar-refractivity contribution is 7.00. The zero-order valence-electron chi connectivity index (χ0n) is 62.3. The van der Waals surface area contributed by atoms with Crippen molar-refractivity contribution in [2.75, 3.05) is 0 Å². The van der Waals surface area contributed by atoms with Gasteiger partial charge in [-0.1, -0.05) is 215 Å². The summed E-state index contributed by atoms with van der Waals surface area (Å²) in [5, 5.41) is 10.2. The predicted molar refractivity (Wildman–Crippen MR) is 421 cm³/mol. The number of hydrogen-bond donors (Lipinski definition) is 0. The summed E-state index contributed by atoms with van der Waals surface area (Å²) in [6, 6.07) is 63.9. The lowest BCUT2D eigenvalue weighted by Gasteiger charge is -2.36. The first kappa shape index (κ1) is 63.2. The van der Waals surface area contributed by atoms with Crippen molar-refractivity contribution in [1.82, 2.24) is 23.3 Å². The van der Waals surface area contributed by atoms with Crippen molar-refractivity contribution >= 4 is 110 Å². The van der Waals surface area contributed by atoms with E-state index < -0.39 is 0 Å². The van der Waals surface area contributed by atoms with Gasteiger partial charge in [-0.25, -0.2) is 4.98 Å². The summed E-state index contributed by atoms with van der Waals surface area (Å²) in [6.45, 7) is 56.4. The summed E-state index contributed by atoms with van der Waals surface area (Å²) in [4.78, 5) is 6.10. The summed E-state index contributed by atoms with van der Waals surface area (Å²) in [6.07, 6.45) is 0. The third-order valence-electron chi connectivity index (χ3n) is 22.4. The van der Waals surface area contributed by atoms with Gasteiger partial charge in [0, 0.05) is 65.5 Å². The van der Waals surface area contributed by atoms with Crippen LogP contribution in [0.4, 0.5) is 0 Å². The van der Waals surface area contributed by atoms with Crippen LogP contribution in [0.3, 0.4) is 0 Å². The minimum absolute atomic E-state index is 0.0512. The van der Waals surface area contributed by atoms with E-state index in [4.69, 9.17) is 4.98 Å². The maximum Gasteiger partial charge on any atom is 0.252 e. The van der Waals surface area contributed by atoms with Gasteiger partial charge in [-0.15, -0.1) is 0 Å². The van der Waals surface area contributed by atoms with Gasteiger partial charge in [-0.3, -0.25) is 9.13 Å². The Labute approximate surface area is 576 Å². The molecule has 0 aliphatic carbocycles. The number of nitrogens with zero attached hydrogens (tertiary/aromatic N) is 5. The maximum atomic E-state index is 6.10. The van der Waals surface area contributed by atoms with Crippen LogP contribution in [-0.2, 0) is 43.3 Å². The number of aromatic nitrogens is 5. The van der Waals surface area contributed by atoms with Crippen molar-refractivity contribution in [1.29, 1.82) is 0 Å². The van der Waals surface area contributed by atoms with Crippen LogP contribution in [0.5, 0.6) is 0 Å². The Balaban J connectivity index is 1.09. The molecule has 5 aromatic heterocycles. The first-order valence-corrected chi connectivity index (χ1v) is 35.8. The Kier molecular flexibility index (Phi) is 13.1. The number of hydrogen-bond acceptors (Lipinski definition) is 1. The topological polar surface area (TPSA) is 32.6 Å². The van der Waals surface area contributed by atoms with Crippen molar-refractivity contribution in [2.24, 2.45) is 0 Å². The fraction of sp³-hybridized carbons (Fsp3) is 0.352. The molecule has 7 heterocycles. The first-order chi connectivity index (χ1) is 45.1. The van der Waals surface area contributed by atoms with Crippen LogP contribution in [0.15, 0.2) is 158 Å². The number of benzene rings is 9.